The van der Waals surface area contributed by atoms with Gasteiger partial charge >= 0.3 is 0 Å². The first-order valence-corrected chi connectivity index (χ1v) is 7.57. The summed E-state index contributed by atoms with van der Waals surface area (Å²) >= 11 is 0. The van der Waals surface area contributed by atoms with Crippen molar-refractivity contribution < 1.29 is 23.0 Å². The van der Waals surface area contributed by atoms with Gasteiger partial charge in [-0.2, -0.15) is 5.10 Å². The van der Waals surface area contributed by atoms with Crippen molar-refractivity contribution in [1.82, 2.24) is 5.43 Å². The summed E-state index contributed by atoms with van der Waals surface area (Å²) in [4.78, 5) is 11.8. The van der Waals surface area contributed by atoms with Crippen LogP contribution in [0.2, 0.25) is 0 Å². The normalized spacial score (nSPS) is 16.9. The van der Waals surface area contributed by atoms with Crippen molar-refractivity contribution >= 4 is 11.6 Å². The van der Waals surface area contributed by atoms with Crippen LogP contribution in [0.25, 0.3) is 0 Å². The van der Waals surface area contributed by atoms with Crippen LogP contribution in [-0.2, 0) is 4.79 Å². The lowest BCUT2D eigenvalue weighted by Gasteiger charge is -2.24. The minimum atomic E-state index is -0.542. The maximum Gasteiger partial charge on any atom is 0.241 e. The number of amides is 1. The Balaban J connectivity index is 2.03. The summed E-state index contributed by atoms with van der Waals surface area (Å²) in [7, 11) is 2.75. The van der Waals surface area contributed by atoms with Gasteiger partial charge in [-0.3, -0.25) is 4.79 Å². The fourth-order valence-corrected chi connectivity index (χ4v) is 2.79. The molecule has 0 aliphatic carbocycles. The number of rotatable bonds is 4. The van der Waals surface area contributed by atoms with Crippen molar-refractivity contribution in [3.8, 4) is 11.5 Å². The molecule has 1 aliphatic heterocycles. The number of benzene rings is 2. The summed E-state index contributed by atoms with van der Waals surface area (Å²) in [5, 5.41) is 4.06. The van der Waals surface area contributed by atoms with E-state index in [1.54, 1.807) is 12.1 Å². The van der Waals surface area contributed by atoms with Crippen LogP contribution in [0.1, 0.15) is 23.5 Å². The number of ether oxygens (including phenoxy) is 2. The summed E-state index contributed by atoms with van der Waals surface area (Å²) in [6.07, 6.45) is 0.0816. The Labute approximate surface area is 143 Å². The zero-order chi connectivity index (χ0) is 18.0. The smallest absolute Gasteiger partial charge is 0.241 e. The molecule has 1 amide bonds. The molecule has 2 aromatic carbocycles. The van der Waals surface area contributed by atoms with Crippen LogP contribution < -0.4 is 14.9 Å². The Morgan fingerprint density at radius 1 is 1.04 bits per heavy atom. The van der Waals surface area contributed by atoms with E-state index in [-0.39, 0.29) is 23.8 Å². The van der Waals surface area contributed by atoms with Crippen LogP contribution in [0.4, 0.5) is 8.78 Å². The molecule has 3 rings (SSSR count). The third kappa shape index (κ3) is 3.31. The Bertz CT molecular complexity index is 852. The third-order valence-corrected chi connectivity index (χ3v) is 4.05. The molecule has 0 spiro atoms. The Morgan fingerprint density at radius 2 is 1.68 bits per heavy atom. The molecule has 25 heavy (non-hydrogen) atoms. The van der Waals surface area contributed by atoms with E-state index in [1.165, 1.54) is 38.5 Å². The zero-order valence-corrected chi connectivity index (χ0v) is 13.7. The van der Waals surface area contributed by atoms with Crippen LogP contribution in [0.3, 0.4) is 0 Å². The predicted molar refractivity (Wildman–Crippen MR) is 87.9 cm³/mol. The van der Waals surface area contributed by atoms with E-state index in [2.05, 4.69) is 10.5 Å². The first-order valence-electron chi connectivity index (χ1n) is 7.57. The first kappa shape index (κ1) is 16.9. The molecule has 0 fully saturated rings. The molecule has 0 radical (unpaired) electrons. The first-order chi connectivity index (χ1) is 12.0. The highest BCUT2D eigenvalue weighted by molar-refractivity contribution is 6.08. The second-order valence-electron chi connectivity index (χ2n) is 5.53. The maximum absolute atomic E-state index is 14.1. The number of nitrogens with zero attached hydrogens (tertiary/aromatic N) is 1. The molecule has 1 aliphatic rings. The van der Waals surface area contributed by atoms with Gasteiger partial charge in [-0.1, -0.05) is 6.07 Å². The highest BCUT2D eigenvalue weighted by Crippen LogP contribution is 2.31. The van der Waals surface area contributed by atoms with E-state index in [0.29, 0.717) is 16.8 Å². The molecule has 0 saturated heterocycles. The highest BCUT2D eigenvalue weighted by atomic mass is 19.1. The molecule has 2 aromatic rings. The van der Waals surface area contributed by atoms with E-state index in [1.807, 2.05) is 0 Å². The number of methoxy groups -OCH3 is 2. The molecule has 0 aromatic heterocycles. The molecular formula is C18H16F2N2O3. The predicted octanol–water partition coefficient (Wildman–Crippen LogP) is 2.99. The van der Waals surface area contributed by atoms with Crippen molar-refractivity contribution in [2.75, 3.05) is 14.2 Å². The average Bonchev–Trinajstić information content (AvgIpc) is 2.61. The van der Waals surface area contributed by atoms with Gasteiger partial charge < -0.3 is 9.47 Å². The molecule has 0 bridgehead atoms. The minimum Gasteiger partial charge on any atom is -0.494 e. The van der Waals surface area contributed by atoms with Crippen molar-refractivity contribution in [3.63, 3.8) is 0 Å². The number of carbonyl (C=O) groups excluding carboxylic acids is 1. The van der Waals surface area contributed by atoms with Gasteiger partial charge in [0.2, 0.25) is 5.91 Å². The molecule has 5 nitrogen and oxygen atoms in total. The van der Waals surface area contributed by atoms with Crippen molar-refractivity contribution in [3.05, 3.63) is 59.2 Å². The van der Waals surface area contributed by atoms with Gasteiger partial charge in [0.05, 0.1) is 19.9 Å². The molecule has 1 heterocycles. The van der Waals surface area contributed by atoms with Gasteiger partial charge in [-0.25, -0.2) is 14.2 Å². The van der Waals surface area contributed by atoms with Crippen molar-refractivity contribution in [2.45, 2.75) is 12.3 Å². The molecule has 1 N–H and O–H groups in total. The third-order valence-electron chi connectivity index (χ3n) is 4.05. The number of carbonyl (C=O) groups is 1. The molecule has 1 atom stereocenters. The van der Waals surface area contributed by atoms with Crippen LogP contribution in [0.15, 0.2) is 41.5 Å². The molecular weight excluding hydrogens is 330 g/mol. The topological polar surface area (TPSA) is 59.9 Å². The summed E-state index contributed by atoms with van der Waals surface area (Å²) in [6.45, 7) is 0. The van der Waals surface area contributed by atoms with E-state index in [0.717, 1.165) is 0 Å². The molecule has 130 valence electrons. The largest absolute Gasteiger partial charge is 0.494 e. The summed E-state index contributed by atoms with van der Waals surface area (Å²) in [5.74, 6) is -1.65. The van der Waals surface area contributed by atoms with Crippen molar-refractivity contribution in [2.24, 2.45) is 5.10 Å². The number of halogens is 2. The van der Waals surface area contributed by atoms with Gasteiger partial charge in [-0.15, -0.1) is 0 Å². The SMILES string of the molecule is COc1ccc(C2=NNC(=O)CC2c2ccc(OC)c(F)c2)cc1F. The second-order valence-corrected chi connectivity index (χ2v) is 5.53. The van der Waals surface area contributed by atoms with Gasteiger partial charge in [-0.05, 0) is 35.9 Å². The fraction of sp³-hybridized carbons (Fsp3) is 0.222. The quantitative estimate of drug-likeness (QED) is 0.926. The lowest BCUT2D eigenvalue weighted by molar-refractivity contribution is -0.121. The Kier molecular flexibility index (Phi) is 4.65. The second kappa shape index (κ2) is 6.88. The van der Waals surface area contributed by atoms with E-state index in [4.69, 9.17) is 9.47 Å². The Hall–Kier alpha value is -2.96. The summed E-state index contributed by atoms with van der Waals surface area (Å²) in [6, 6.07) is 8.86. The van der Waals surface area contributed by atoms with Crippen LogP contribution in [0, 0.1) is 11.6 Å². The lowest BCUT2D eigenvalue weighted by atomic mass is 9.86. The standard InChI is InChI=1S/C18H16F2N2O3/c1-24-15-5-3-10(7-13(15)19)12-9-17(23)21-22-18(12)11-4-6-16(25-2)14(20)8-11/h3-8,12H,9H2,1-2H3,(H,21,23). The average molecular weight is 346 g/mol. The molecule has 7 heteroatoms. The summed E-state index contributed by atoms with van der Waals surface area (Å²) in [5.41, 5.74) is 3.89. The summed E-state index contributed by atoms with van der Waals surface area (Å²) < 4.78 is 37.9. The lowest BCUT2D eigenvalue weighted by Crippen LogP contribution is -2.32. The fourth-order valence-electron chi connectivity index (χ4n) is 2.79. The number of hydrazone groups is 1. The van der Waals surface area contributed by atoms with E-state index >= 15 is 0 Å². The highest BCUT2D eigenvalue weighted by Gasteiger charge is 2.28. The number of nitrogens with one attached hydrogen (secondary N) is 1. The van der Waals surface area contributed by atoms with Crippen LogP contribution >= 0.6 is 0 Å². The van der Waals surface area contributed by atoms with Gasteiger partial charge in [0.25, 0.3) is 0 Å². The monoisotopic (exact) mass is 346 g/mol. The van der Waals surface area contributed by atoms with E-state index < -0.39 is 17.6 Å². The van der Waals surface area contributed by atoms with Gasteiger partial charge in [0.1, 0.15) is 0 Å². The number of hydrogen-bond donors (Lipinski definition) is 1. The van der Waals surface area contributed by atoms with Gasteiger partial charge in [0.15, 0.2) is 23.1 Å². The zero-order valence-electron chi connectivity index (χ0n) is 13.7. The minimum absolute atomic E-state index is 0.0816. The maximum atomic E-state index is 14.1. The Morgan fingerprint density at radius 3 is 2.28 bits per heavy atom. The van der Waals surface area contributed by atoms with Crippen molar-refractivity contribution in [1.29, 1.82) is 0 Å². The molecule has 1 unspecified atom stereocenters. The van der Waals surface area contributed by atoms with Crippen LogP contribution in [-0.4, -0.2) is 25.8 Å². The van der Waals surface area contributed by atoms with E-state index in [9.17, 15) is 13.6 Å². The number of hydrogen-bond acceptors (Lipinski definition) is 4. The molecule has 0 saturated carbocycles. The van der Waals surface area contributed by atoms with Crippen LogP contribution in [0.5, 0.6) is 11.5 Å². The van der Waals surface area contributed by atoms with Gasteiger partial charge in [0, 0.05) is 17.9 Å².